The molecule has 0 amide bonds. The second kappa shape index (κ2) is 5.88. The Morgan fingerprint density at radius 2 is 1.64 bits per heavy atom. The van der Waals surface area contributed by atoms with E-state index in [-0.39, 0.29) is 11.5 Å². The first kappa shape index (κ1) is 15.6. The lowest BCUT2D eigenvalue weighted by Gasteiger charge is -2.58. The Bertz CT molecular complexity index is 539. The minimum absolute atomic E-state index is 0.194. The highest BCUT2D eigenvalue weighted by Gasteiger charge is 2.53. The predicted molar refractivity (Wildman–Crippen MR) is 93.8 cm³/mol. The summed E-state index contributed by atoms with van der Waals surface area (Å²) in [5, 5.41) is 12.1. The van der Waals surface area contributed by atoms with Gasteiger partial charge in [0.25, 0.3) is 0 Å². The second-order valence-corrected chi connectivity index (χ2v) is 9.59. The van der Waals surface area contributed by atoms with Crippen LogP contribution in [-0.2, 0) is 0 Å². The molecule has 4 saturated carbocycles. The Balaban J connectivity index is 1.43. The van der Waals surface area contributed by atoms with E-state index in [1.54, 1.807) is 11.8 Å². The maximum absolute atomic E-state index is 10.9. The molecule has 1 aromatic carbocycles. The standard InChI is InChI=1S/C18H22Cl2OS/c19-15-2-1-14(6-16(15)20)22-10-17(21)18-7-11-3-12(8-18)5-13(4-11)9-18/h1-2,6,11-13,17,21H,3-5,7-10H2. The van der Waals surface area contributed by atoms with E-state index in [1.807, 2.05) is 18.2 Å². The number of hydrogen-bond acceptors (Lipinski definition) is 2. The topological polar surface area (TPSA) is 20.2 Å². The molecule has 4 aliphatic carbocycles. The first-order valence-corrected chi connectivity index (χ1v) is 10.0. The van der Waals surface area contributed by atoms with Crippen molar-refractivity contribution in [2.24, 2.45) is 23.2 Å². The zero-order valence-electron chi connectivity index (χ0n) is 12.6. The Labute approximate surface area is 146 Å². The largest absolute Gasteiger partial charge is 0.392 e. The third-order valence-electron chi connectivity index (χ3n) is 6.09. The van der Waals surface area contributed by atoms with Gasteiger partial charge in [-0.2, -0.15) is 0 Å². The fourth-order valence-corrected chi connectivity index (χ4v) is 6.94. The van der Waals surface area contributed by atoms with Gasteiger partial charge in [-0.05, 0) is 79.9 Å². The molecule has 5 rings (SSSR count). The van der Waals surface area contributed by atoms with Crippen molar-refractivity contribution in [1.82, 2.24) is 0 Å². The molecule has 1 aromatic rings. The molecule has 0 radical (unpaired) electrons. The van der Waals surface area contributed by atoms with Crippen LogP contribution in [0.5, 0.6) is 0 Å². The van der Waals surface area contributed by atoms with Crippen LogP contribution in [0.2, 0.25) is 10.0 Å². The van der Waals surface area contributed by atoms with Crippen molar-refractivity contribution in [3.05, 3.63) is 28.2 Å². The van der Waals surface area contributed by atoms with E-state index < -0.39 is 0 Å². The van der Waals surface area contributed by atoms with Crippen LogP contribution < -0.4 is 0 Å². The SMILES string of the molecule is OC(CSc1ccc(Cl)c(Cl)c1)C12CC3CC(CC(C3)C1)C2. The lowest BCUT2D eigenvalue weighted by atomic mass is 9.48. The molecule has 1 unspecified atom stereocenters. The van der Waals surface area contributed by atoms with Crippen molar-refractivity contribution in [2.75, 3.05) is 5.75 Å². The summed E-state index contributed by atoms with van der Waals surface area (Å²) >= 11 is 13.7. The van der Waals surface area contributed by atoms with Gasteiger partial charge in [-0.1, -0.05) is 23.2 Å². The minimum Gasteiger partial charge on any atom is -0.392 e. The van der Waals surface area contributed by atoms with Crippen LogP contribution in [0.25, 0.3) is 0 Å². The summed E-state index contributed by atoms with van der Waals surface area (Å²) in [5.41, 5.74) is 0.206. The van der Waals surface area contributed by atoms with Gasteiger partial charge in [-0.25, -0.2) is 0 Å². The fraction of sp³-hybridized carbons (Fsp3) is 0.667. The summed E-state index contributed by atoms with van der Waals surface area (Å²) in [4.78, 5) is 1.10. The average molecular weight is 357 g/mol. The molecular weight excluding hydrogens is 335 g/mol. The number of benzene rings is 1. The molecule has 4 fully saturated rings. The summed E-state index contributed by atoms with van der Waals surface area (Å²) < 4.78 is 0. The first-order valence-electron chi connectivity index (χ1n) is 8.30. The third kappa shape index (κ3) is 2.81. The minimum atomic E-state index is -0.194. The molecular formula is C18H22Cl2OS. The number of aliphatic hydroxyl groups excluding tert-OH is 1. The monoisotopic (exact) mass is 356 g/mol. The van der Waals surface area contributed by atoms with Gasteiger partial charge >= 0.3 is 0 Å². The number of hydrogen-bond donors (Lipinski definition) is 1. The van der Waals surface area contributed by atoms with E-state index in [4.69, 9.17) is 23.2 Å². The Kier molecular flexibility index (Phi) is 4.18. The molecule has 0 spiro atoms. The lowest BCUT2D eigenvalue weighted by molar-refractivity contribution is -0.112. The van der Waals surface area contributed by atoms with Gasteiger partial charge in [0, 0.05) is 10.6 Å². The first-order chi connectivity index (χ1) is 10.5. The molecule has 1 nitrogen and oxygen atoms in total. The summed E-state index contributed by atoms with van der Waals surface area (Å²) in [6.45, 7) is 0. The quantitative estimate of drug-likeness (QED) is 0.702. The fourth-order valence-electron chi connectivity index (χ4n) is 5.50. The van der Waals surface area contributed by atoms with Crippen LogP contribution in [0.1, 0.15) is 38.5 Å². The zero-order valence-corrected chi connectivity index (χ0v) is 14.9. The third-order valence-corrected chi connectivity index (χ3v) is 7.90. The van der Waals surface area contributed by atoms with E-state index in [0.717, 1.165) is 28.4 Å². The van der Waals surface area contributed by atoms with Crippen molar-refractivity contribution in [3.8, 4) is 0 Å². The van der Waals surface area contributed by atoms with Gasteiger partial charge in [-0.3, -0.25) is 0 Å². The van der Waals surface area contributed by atoms with E-state index in [2.05, 4.69) is 0 Å². The molecule has 120 valence electrons. The van der Waals surface area contributed by atoms with E-state index in [9.17, 15) is 5.11 Å². The predicted octanol–water partition coefficient (Wildman–Crippen LogP) is 5.66. The molecule has 4 aliphatic rings. The van der Waals surface area contributed by atoms with Crippen molar-refractivity contribution in [3.63, 3.8) is 0 Å². The number of thioether (sulfide) groups is 1. The molecule has 0 aliphatic heterocycles. The van der Waals surface area contributed by atoms with Crippen molar-refractivity contribution < 1.29 is 5.11 Å². The molecule has 0 saturated heterocycles. The number of halogens is 2. The Morgan fingerprint density at radius 3 is 2.18 bits per heavy atom. The smallest absolute Gasteiger partial charge is 0.0690 e. The molecule has 1 N–H and O–H groups in total. The summed E-state index contributed by atoms with van der Waals surface area (Å²) in [7, 11) is 0. The van der Waals surface area contributed by atoms with Crippen LogP contribution in [0, 0.1) is 23.2 Å². The summed E-state index contributed by atoms with van der Waals surface area (Å²) in [6, 6.07) is 5.73. The average Bonchev–Trinajstić information content (AvgIpc) is 2.46. The van der Waals surface area contributed by atoms with E-state index >= 15 is 0 Å². The van der Waals surface area contributed by atoms with Crippen molar-refractivity contribution in [2.45, 2.75) is 49.5 Å². The van der Waals surface area contributed by atoms with Gasteiger partial charge in [0.15, 0.2) is 0 Å². The van der Waals surface area contributed by atoms with E-state index in [0.29, 0.717) is 10.0 Å². The van der Waals surface area contributed by atoms with E-state index in [1.165, 1.54) is 38.5 Å². The van der Waals surface area contributed by atoms with Gasteiger partial charge in [0.2, 0.25) is 0 Å². The van der Waals surface area contributed by atoms with Crippen LogP contribution in [0.3, 0.4) is 0 Å². The van der Waals surface area contributed by atoms with Gasteiger partial charge in [0.1, 0.15) is 0 Å². The van der Waals surface area contributed by atoms with Crippen LogP contribution >= 0.6 is 35.0 Å². The van der Waals surface area contributed by atoms with Gasteiger partial charge < -0.3 is 5.11 Å². The number of aliphatic hydroxyl groups is 1. The molecule has 1 atom stereocenters. The Morgan fingerprint density at radius 1 is 1.05 bits per heavy atom. The highest BCUT2D eigenvalue weighted by molar-refractivity contribution is 7.99. The zero-order chi connectivity index (χ0) is 15.3. The lowest BCUT2D eigenvalue weighted by Crippen LogP contribution is -2.52. The highest BCUT2D eigenvalue weighted by Crippen LogP contribution is 2.61. The molecule has 22 heavy (non-hydrogen) atoms. The maximum Gasteiger partial charge on any atom is 0.0690 e. The molecule has 0 aromatic heterocycles. The van der Waals surface area contributed by atoms with Gasteiger partial charge in [0.05, 0.1) is 16.1 Å². The summed E-state index contributed by atoms with van der Waals surface area (Å²) in [5.74, 6) is 3.42. The number of rotatable bonds is 4. The molecule has 4 bridgehead atoms. The second-order valence-electron chi connectivity index (χ2n) is 7.68. The van der Waals surface area contributed by atoms with Gasteiger partial charge in [-0.15, -0.1) is 11.8 Å². The van der Waals surface area contributed by atoms with Crippen LogP contribution in [0.4, 0.5) is 0 Å². The molecule has 0 heterocycles. The van der Waals surface area contributed by atoms with Crippen molar-refractivity contribution >= 4 is 35.0 Å². The van der Waals surface area contributed by atoms with Crippen molar-refractivity contribution in [1.29, 1.82) is 0 Å². The normalized spacial score (nSPS) is 37.5. The van der Waals surface area contributed by atoms with Crippen LogP contribution in [0.15, 0.2) is 23.1 Å². The summed E-state index contributed by atoms with van der Waals surface area (Å²) in [6.07, 6.45) is 7.83. The maximum atomic E-state index is 10.9. The van der Waals surface area contributed by atoms with Crippen LogP contribution in [-0.4, -0.2) is 17.0 Å². The highest BCUT2D eigenvalue weighted by atomic mass is 35.5. The Hall–Kier alpha value is 0.110. The molecule has 4 heteroatoms.